The average Bonchev–Trinajstić information content (AvgIpc) is 2.86. The number of anilines is 2. The third-order valence-corrected chi connectivity index (χ3v) is 7.33. The Kier molecular flexibility index (Phi) is 8.82. The molecule has 2 unspecified atom stereocenters. The smallest absolute Gasteiger partial charge is 0.0974 e. The predicted octanol–water partition coefficient (Wildman–Crippen LogP) is 3.36. The monoisotopic (exact) mass is 470 g/mol. The lowest BCUT2D eigenvalue weighted by atomic mass is 9.95. The molecule has 0 bridgehead atoms. The van der Waals surface area contributed by atoms with Gasteiger partial charge in [0.25, 0.3) is 0 Å². The lowest BCUT2D eigenvalue weighted by molar-refractivity contribution is 0.0899. The number of piperidine rings is 1. The second-order valence-corrected chi connectivity index (χ2v) is 10.1. The highest BCUT2D eigenvalue weighted by Gasteiger charge is 2.26. The molecule has 8 nitrogen and oxygen atoms in total. The van der Waals surface area contributed by atoms with Crippen LogP contribution in [-0.4, -0.2) is 42.3 Å². The molecule has 2 aliphatic rings. The van der Waals surface area contributed by atoms with Gasteiger partial charge >= 0.3 is 0 Å². The molecular formula is C24H38N8S. The summed E-state index contributed by atoms with van der Waals surface area (Å²) < 4.78 is 3.15. The molecule has 7 N–H and O–H groups in total. The van der Waals surface area contributed by atoms with Gasteiger partial charge in [-0.3, -0.25) is 15.5 Å². The number of nitrogens with one attached hydrogen (secondary N) is 3. The highest BCUT2D eigenvalue weighted by Crippen LogP contribution is 2.30. The summed E-state index contributed by atoms with van der Waals surface area (Å²) in [4.78, 5) is 7.73. The predicted molar refractivity (Wildman–Crippen MR) is 137 cm³/mol. The van der Waals surface area contributed by atoms with Crippen molar-refractivity contribution in [2.24, 2.45) is 11.6 Å². The van der Waals surface area contributed by atoms with E-state index in [4.69, 9.17) is 11.6 Å². The van der Waals surface area contributed by atoms with Crippen LogP contribution in [0.15, 0.2) is 47.6 Å². The molecule has 33 heavy (non-hydrogen) atoms. The Morgan fingerprint density at radius 3 is 2.76 bits per heavy atom. The van der Waals surface area contributed by atoms with Crippen molar-refractivity contribution in [3.8, 4) is 0 Å². The second kappa shape index (κ2) is 12.0. The van der Waals surface area contributed by atoms with Crippen molar-refractivity contribution in [1.82, 2.24) is 20.2 Å². The van der Waals surface area contributed by atoms with E-state index < -0.39 is 6.17 Å². The highest BCUT2D eigenvalue weighted by molar-refractivity contribution is 7.97. The van der Waals surface area contributed by atoms with Crippen molar-refractivity contribution in [3.63, 3.8) is 0 Å². The normalized spacial score (nSPS) is 20.7. The lowest BCUT2D eigenvalue weighted by Gasteiger charge is -2.39. The summed E-state index contributed by atoms with van der Waals surface area (Å²) in [5.74, 6) is 6.52. The molecule has 1 saturated heterocycles. The molecule has 1 aromatic heterocycles. The molecule has 2 heterocycles. The van der Waals surface area contributed by atoms with Crippen LogP contribution >= 0.6 is 11.9 Å². The minimum Gasteiger partial charge on any atom is -0.382 e. The minimum atomic E-state index is -0.410. The molecule has 1 aliphatic carbocycles. The maximum atomic E-state index is 6.69. The molecule has 2 fully saturated rings. The van der Waals surface area contributed by atoms with Crippen LogP contribution in [0.2, 0.25) is 0 Å². The number of benzene rings is 1. The zero-order valence-electron chi connectivity index (χ0n) is 19.5. The third-order valence-electron chi connectivity index (χ3n) is 6.63. The van der Waals surface area contributed by atoms with E-state index in [0.29, 0.717) is 6.04 Å². The van der Waals surface area contributed by atoms with Crippen molar-refractivity contribution in [2.45, 2.75) is 68.1 Å². The number of hydrazine groups is 2. The average molecular weight is 471 g/mol. The van der Waals surface area contributed by atoms with Gasteiger partial charge in [0.05, 0.1) is 24.1 Å². The molecule has 0 radical (unpaired) electrons. The molecule has 1 aliphatic heterocycles. The molecule has 1 aromatic carbocycles. The fraction of sp³-hybridized carbons (Fsp3) is 0.542. The number of hydrogen-bond acceptors (Lipinski definition) is 9. The summed E-state index contributed by atoms with van der Waals surface area (Å²) >= 11 is 1.59. The van der Waals surface area contributed by atoms with Gasteiger partial charge in [0, 0.05) is 41.5 Å². The summed E-state index contributed by atoms with van der Waals surface area (Å²) in [7, 11) is 1.93. The first-order chi connectivity index (χ1) is 16.1. The first kappa shape index (κ1) is 24.3. The third kappa shape index (κ3) is 6.59. The highest BCUT2D eigenvalue weighted by atomic mass is 32.2. The van der Waals surface area contributed by atoms with E-state index in [1.165, 1.54) is 32.1 Å². The first-order valence-electron chi connectivity index (χ1n) is 12.1. The van der Waals surface area contributed by atoms with Crippen molar-refractivity contribution < 1.29 is 0 Å². The first-order valence-corrected chi connectivity index (χ1v) is 12.9. The zero-order valence-corrected chi connectivity index (χ0v) is 20.4. The fourth-order valence-corrected chi connectivity index (χ4v) is 5.43. The van der Waals surface area contributed by atoms with Crippen LogP contribution in [0.3, 0.4) is 0 Å². The fourth-order valence-electron chi connectivity index (χ4n) is 4.87. The van der Waals surface area contributed by atoms with E-state index in [2.05, 4.69) is 49.6 Å². The number of aromatic nitrogens is 1. The van der Waals surface area contributed by atoms with E-state index in [1.807, 2.05) is 19.3 Å². The summed E-state index contributed by atoms with van der Waals surface area (Å²) in [5, 5.41) is 5.47. The summed E-state index contributed by atoms with van der Waals surface area (Å²) in [6, 6.07) is 11.2. The molecule has 1 saturated carbocycles. The quantitative estimate of drug-likeness (QED) is 0.163. The number of pyridine rings is 1. The molecule has 2 aromatic rings. The van der Waals surface area contributed by atoms with Gasteiger partial charge in [-0.05, 0) is 75.0 Å². The van der Waals surface area contributed by atoms with Gasteiger partial charge in [-0.2, -0.15) is 5.12 Å². The van der Waals surface area contributed by atoms with Gasteiger partial charge in [0.1, 0.15) is 0 Å². The van der Waals surface area contributed by atoms with Gasteiger partial charge in [-0.1, -0.05) is 19.3 Å². The van der Waals surface area contributed by atoms with Crippen molar-refractivity contribution in [1.29, 1.82) is 0 Å². The van der Waals surface area contributed by atoms with Gasteiger partial charge in [-0.15, -0.1) is 0 Å². The maximum absolute atomic E-state index is 6.69. The Labute approximate surface area is 201 Å². The number of rotatable bonds is 9. The lowest BCUT2D eigenvalue weighted by Crippen LogP contribution is -2.58. The Bertz CT molecular complexity index is 861. The van der Waals surface area contributed by atoms with Crippen LogP contribution in [0.4, 0.5) is 11.4 Å². The van der Waals surface area contributed by atoms with Crippen LogP contribution in [0.1, 0.15) is 56.7 Å². The zero-order chi connectivity index (χ0) is 23.0. The van der Waals surface area contributed by atoms with Crippen LogP contribution in [-0.2, 0) is 0 Å². The summed E-state index contributed by atoms with van der Waals surface area (Å²) in [5.41, 5.74) is 13.3. The molecule has 2 atom stereocenters. The Hall–Kier alpha value is -1.88. The number of nitrogens with two attached hydrogens (primary N) is 2. The molecule has 9 heteroatoms. The Balaban J connectivity index is 1.44. The van der Waals surface area contributed by atoms with Gasteiger partial charge < -0.3 is 16.0 Å². The SMILES string of the molecule is CNSc1ccc(NC2CCCCC2)c(C(N)NN(N)C2CCCN(c3cccnc3)C2)c1. The maximum Gasteiger partial charge on any atom is 0.0974 e. The van der Waals surface area contributed by atoms with Crippen LogP contribution < -0.4 is 31.9 Å². The van der Waals surface area contributed by atoms with Crippen molar-refractivity contribution in [3.05, 3.63) is 48.3 Å². The minimum absolute atomic E-state index is 0.162. The standard InChI is InChI=1S/C24H38N8S/c1-27-33-21-11-12-23(29-18-7-3-2-4-8-18)22(15-21)24(25)30-32(26)20-10-6-14-31(17-20)19-9-5-13-28-16-19/h5,9,11-13,15-16,18,20,24,27,29-30H,2-4,6-8,10,14,17,25-26H2,1H3. The van der Waals surface area contributed by atoms with Gasteiger partial charge in [0.2, 0.25) is 0 Å². The topological polar surface area (TPSA) is 107 Å². The number of hydrogen-bond donors (Lipinski definition) is 5. The Morgan fingerprint density at radius 2 is 2.00 bits per heavy atom. The largest absolute Gasteiger partial charge is 0.382 e. The summed E-state index contributed by atoms with van der Waals surface area (Å²) in [6.07, 6.45) is 11.7. The van der Waals surface area contributed by atoms with Gasteiger partial charge in [-0.25, -0.2) is 5.43 Å². The van der Waals surface area contributed by atoms with Gasteiger partial charge in [0.15, 0.2) is 0 Å². The second-order valence-electron chi connectivity index (χ2n) is 9.00. The Morgan fingerprint density at radius 1 is 1.15 bits per heavy atom. The van der Waals surface area contributed by atoms with Crippen molar-refractivity contribution >= 4 is 23.3 Å². The van der Waals surface area contributed by atoms with E-state index in [1.54, 1.807) is 23.3 Å². The van der Waals surface area contributed by atoms with Crippen LogP contribution in [0.25, 0.3) is 0 Å². The molecule has 180 valence electrons. The van der Waals surface area contributed by atoms with E-state index in [9.17, 15) is 0 Å². The number of nitrogens with zero attached hydrogens (tertiary/aromatic N) is 3. The van der Waals surface area contributed by atoms with E-state index in [-0.39, 0.29) is 6.04 Å². The van der Waals surface area contributed by atoms with E-state index >= 15 is 0 Å². The van der Waals surface area contributed by atoms with E-state index in [0.717, 1.165) is 47.8 Å². The van der Waals surface area contributed by atoms with Crippen LogP contribution in [0.5, 0.6) is 0 Å². The summed E-state index contributed by atoms with van der Waals surface area (Å²) in [6.45, 7) is 1.85. The van der Waals surface area contributed by atoms with Crippen molar-refractivity contribution in [2.75, 3.05) is 30.4 Å². The van der Waals surface area contributed by atoms with Crippen LogP contribution in [0, 0.1) is 0 Å². The molecule has 4 rings (SSSR count). The molecular weight excluding hydrogens is 432 g/mol. The molecule has 0 spiro atoms. The molecule has 0 amide bonds.